The fraction of sp³-hybridized carbons (Fsp3) is 0.438. The molecule has 1 fully saturated rings. The van der Waals surface area contributed by atoms with Crippen molar-refractivity contribution in [1.82, 2.24) is 10.6 Å². The minimum atomic E-state index is -0.639. The van der Waals surface area contributed by atoms with Crippen molar-refractivity contribution in [1.29, 1.82) is 0 Å². The van der Waals surface area contributed by atoms with Crippen LogP contribution in [0, 0.1) is 0 Å². The van der Waals surface area contributed by atoms with E-state index in [0.29, 0.717) is 30.2 Å². The zero-order valence-electron chi connectivity index (χ0n) is 14.6. The number of ether oxygens (including phenoxy) is 2. The van der Waals surface area contributed by atoms with Crippen LogP contribution in [0.3, 0.4) is 0 Å². The summed E-state index contributed by atoms with van der Waals surface area (Å²) in [6, 6.07) is 4.53. The first-order valence-corrected chi connectivity index (χ1v) is 7.79. The lowest BCUT2D eigenvalue weighted by Crippen LogP contribution is -2.46. The van der Waals surface area contributed by atoms with Crippen LogP contribution in [0.2, 0.25) is 0 Å². The van der Waals surface area contributed by atoms with Crippen molar-refractivity contribution in [2.24, 2.45) is 5.73 Å². The van der Waals surface area contributed by atoms with Crippen LogP contribution >= 0.6 is 12.4 Å². The van der Waals surface area contributed by atoms with Crippen molar-refractivity contribution in [3.8, 4) is 11.5 Å². The lowest BCUT2D eigenvalue weighted by Gasteiger charge is -2.19. The molecular formula is C16H23ClN4O5. The molecule has 1 aliphatic heterocycles. The molecule has 1 aromatic carbocycles. The van der Waals surface area contributed by atoms with E-state index in [9.17, 15) is 14.4 Å². The summed E-state index contributed by atoms with van der Waals surface area (Å²) in [5.74, 6) is 0.0373. The monoisotopic (exact) mass is 386 g/mol. The molecule has 1 saturated heterocycles. The van der Waals surface area contributed by atoms with Crippen molar-refractivity contribution in [2.75, 3.05) is 38.8 Å². The van der Waals surface area contributed by atoms with Crippen LogP contribution in [-0.4, -0.2) is 57.6 Å². The lowest BCUT2D eigenvalue weighted by atomic mass is 10.2. The van der Waals surface area contributed by atoms with Crippen LogP contribution < -0.4 is 30.7 Å². The number of rotatable bonds is 7. The smallest absolute Gasteiger partial charge is 0.249 e. The van der Waals surface area contributed by atoms with E-state index in [1.165, 1.54) is 14.2 Å². The number of anilines is 1. The first-order valence-electron chi connectivity index (χ1n) is 7.79. The van der Waals surface area contributed by atoms with Gasteiger partial charge in [0.25, 0.3) is 0 Å². The second kappa shape index (κ2) is 9.83. The molecule has 4 N–H and O–H groups in total. The van der Waals surface area contributed by atoms with Gasteiger partial charge in [-0.1, -0.05) is 0 Å². The average Bonchev–Trinajstić information content (AvgIpc) is 2.99. The summed E-state index contributed by atoms with van der Waals surface area (Å²) >= 11 is 0. The van der Waals surface area contributed by atoms with Crippen molar-refractivity contribution in [3.05, 3.63) is 18.2 Å². The number of nitrogens with zero attached hydrogens (tertiary/aromatic N) is 1. The summed E-state index contributed by atoms with van der Waals surface area (Å²) in [6.45, 7) is 0.0448. The molecule has 0 bridgehead atoms. The van der Waals surface area contributed by atoms with Gasteiger partial charge in [-0.3, -0.25) is 14.4 Å². The van der Waals surface area contributed by atoms with Crippen LogP contribution in [0.4, 0.5) is 5.69 Å². The summed E-state index contributed by atoms with van der Waals surface area (Å²) < 4.78 is 10.4. The summed E-state index contributed by atoms with van der Waals surface area (Å²) in [6.07, 6.45) is 0.467. The van der Waals surface area contributed by atoms with Gasteiger partial charge in [-0.05, 0) is 6.42 Å². The summed E-state index contributed by atoms with van der Waals surface area (Å²) in [7, 11) is 3.06. The van der Waals surface area contributed by atoms with Gasteiger partial charge in [0.2, 0.25) is 17.7 Å². The molecule has 0 aromatic heterocycles. The fourth-order valence-electron chi connectivity index (χ4n) is 2.51. The van der Waals surface area contributed by atoms with Crippen molar-refractivity contribution < 1.29 is 23.9 Å². The Bertz CT molecular complexity index is 648. The van der Waals surface area contributed by atoms with E-state index >= 15 is 0 Å². The molecule has 10 heteroatoms. The molecule has 1 atom stereocenters. The van der Waals surface area contributed by atoms with Crippen molar-refractivity contribution in [2.45, 2.75) is 12.5 Å². The largest absolute Gasteiger partial charge is 0.497 e. The van der Waals surface area contributed by atoms with Crippen LogP contribution in [-0.2, 0) is 14.4 Å². The molecule has 0 radical (unpaired) electrons. The summed E-state index contributed by atoms with van der Waals surface area (Å²) in [5, 5.41) is 4.98. The van der Waals surface area contributed by atoms with Crippen molar-refractivity contribution >= 4 is 35.8 Å². The van der Waals surface area contributed by atoms with E-state index in [1.54, 1.807) is 23.1 Å². The predicted molar refractivity (Wildman–Crippen MR) is 97.8 cm³/mol. The number of carbonyl (C=O) groups excluding carboxylic acids is 3. The number of benzene rings is 1. The number of nitrogens with two attached hydrogens (primary N) is 1. The predicted octanol–water partition coefficient (Wildman–Crippen LogP) is -0.578. The zero-order chi connectivity index (χ0) is 18.4. The highest BCUT2D eigenvalue weighted by Gasteiger charge is 2.34. The van der Waals surface area contributed by atoms with Gasteiger partial charge in [0.05, 0.1) is 33.0 Å². The van der Waals surface area contributed by atoms with Gasteiger partial charge in [-0.15, -0.1) is 12.4 Å². The Morgan fingerprint density at radius 2 is 1.81 bits per heavy atom. The Morgan fingerprint density at radius 3 is 2.35 bits per heavy atom. The molecule has 26 heavy (non-hydrogen) atoms. The van der Waals surface area contributed by atoms with Gasteiger partial charge in [0.15, 0.2) is 0 Å². The molecule has 3 amide bonds. The number of hydrogen-bond acceptors (Lipinski definition) is 6. The molecule has 0 saturated carbocycles. The molecule has 9 nitrogen and oxygen atoms in total. The van der Waals surface area contributed by atoms with Crippen LogP contribution in [0.25, 0.3) is 0 Å². The number of hydrogen-bond donors (Lipinski definition) is 3. The first kappa shape index (κ1) is 21.5. The van der Waals surface area contributed by atoms with Crippen LogP contribution in [0.5, 0.6) is 11.5 Å². The number of nitrogens with one attached hydrogen (secondary N) is 2. The maximum atomic E-state index is 12.6. The molecule has 0 aliphatic carbocycles. The van der Waals surface area contributed by atoms with E-state index in [2.05, 4.69) is 10.6 Å². The lowest BCUT2D eigenvalue weighted by molar-refractivity contribution is -0.127. The minimum absolute atomic E-state index is 0. The molecule has 1 heterocycles. The Hall–Kier alpha value is -2.52. The standard InChI is InChI=1S/C16H22N4O5.ClH/c1-24-11-5-10(6-12(7-11)25-2)20-4-3-13(16(20)23)19-15(22)9-18-14(21)8-17;/h5-7,13H,3-4,8-9,17H2,1-2H3,(H,18,21)(H,19,22);1H. The normalized spacial score (nSPS) is 15.9. The zero-order valence-corrected chi connectivity index (χ0v) is 15.4. The SMILES string of the molecule is COc1cc(OC)cc(N2CCC(NC(=O)CNC(=O)CN)C2=O)c1.Cl. The Morgan fingerprint density at radius 1 is 1.19 bits per heavy atom. The maximum absolute atomic E-state index is 12.6. The first-order chi connectivity index (χ1) is 12.0. The van der Waals surface area contributed by atoms with Gasteiger partial charge in [0, 0.05) is 24.7 Å². The maximum Gasteiger partial charge on any atom is 0.249 e. The van der Waals surface area contributed by atoms with Crippen LogP contribution in [0.1, 0.15) is 6.42 Å². The molecule has 1 aromatic rings. The molecule has 1 unspecified atom stereocenters. The topological polar surface area (TPSA) is 123 Å². The van der Waals surface area contributed by atoms with Gasteiger partial charge >= 0.3 is 0 Å². The Balaban J connectivity index is 0.00000338. The highest BCUT2D eigenvalue weighted by Crippen LogP contribution is 2.30. The quantitative estimate of drug-likeness (QED) is 0.576. The van der Waals surface area contributed by atoms with E-state index < -0.39 is 17.9 Å². The average molecular weight is 387 g/mol. The van der Waals surface area contributed by atoms with Gasteiger partial charge in [0.1, 0.15) is 17.5 Å². The third-order valence-corrected chi connectivity index (χ3v) is 3.82. The molecular weight excluding hydrogens is 364 g/mol. The third kappa shape index (κ3) is 5.24. The Labute approximate surface area is 157 Å². The number of amides is 3. The van der Waals surface area contributed by atoms with Gasteiger partial charge in [-0.25, -0.2) is 0 Å². The minimum Gasteiger partial charge on any atom is -0.497 e. The Kier molecular flexibility index (Phi) is 8.14. The highest BCUT2D eigenvalue weighted by atomic mass is 35.5. The van der Waals surface area contributed by atoms with Gasteiger partial charge in [-0.2, -0.15) is 0 Å². The third-order valence-electron chi connectivity index (χ3n) is 3.82. The van der Waals surface area contributed by atoms with E-state index in [4.69, 9.17) is 15.2 Å². The molecule has 0 spiro atoms. The van der Waals surface area contributed by atoms with Gasteiger partial charge < -0.3 is 30.7 Å². The van der Waals surface area contributed by atoms with E-state index in [-0.39, 0.29) is 31.4 Å². The summed E-state index contributed by atoms with van der Waals surface area (Å²) in [4.78, 5) is 37.0. The van der Waals surface area contributed by atoms with Crippen LogP contribution in [0.15, 0.2) is 18.2 Å². The number of methoxy groups -OCH3 is 2. The van der Waals surface area contributed by atoms with Crippen molar-refractivity contribution in [3.63, 3.8) is 0 Å². The number of carbonyl (C=O) groups is 3. The molecule has 1 aliphatic rings. The molecule has 2 rings (SSSR count). The summed E-state index contributed by atoms with van der Waals surface area (Å²) in [5.41, 5.74) is 5.78. The van der Waals surface area contributed by atoms with E-state index in [1.807, 2.05) is 0 Å². The number of halogens is 1. The highest BCUT2D eigenvalue weighted by molar-refractivity contribution is 6.02. The second-order valence-corrected chi connectivity index (χ2v) is 5.45. The second-order valence-electron chi connectivity index (χ2n) is 5.45. The van der Waals surface area contributed by atoms with E-state index in [0.717, 1.165) is 0 Å². The fourth-order valence-corrected chi connectivity index (χ4v) is 2.51. The molecule has 144 valence electrons.